The summed E-state index contributed by atoms with van der Waals surface area (Å²) in [4.78, 5) is 38.5. The summed E-state index contributed by atoms with van der Waals surface area (Å²) in [6.45, 7) is -0.297. The van der Waals surface area contributed by atoms with E-state index in [0.717, 1.165) is 0 Å². The summed E-state index contributed by atoms with van der Waals surface area (Å²) in [5, 5.41) is 1.79. The summed E-state index contributed by atoms with van der Waals surface area (Å²) in [7, 11) is 3.36. The van der Waals surface area contributed by atoms with Gasteiger partial charge in [-0.25, -0.2) is 4.79 Å². The molecule has 7 heteroatoms. The minimum Gasteiger partial charge on any atom is -0.454 e. The number of nitrogens with zero attached hydrogens (tertiary/aromatic N) is 1. The van der Waals surface area contributed by atoms with Gasteiger partial charge in [0.2, 0.25) is 11.7 Å². The lowest BCUT2D eigenvalue weighted by atomic mass is 10.2. The van der Waals surface area contributed by atoms with E-state index in [2.05, 4.69) is 0 Å². The van der Waals surface area contributed by atoms with Crippen molar-refractivity contribution in [1.82, 2.24) is 4.90 Å². The summed E-state index contributed by atoms with van der Waals surface area (Å²) in [6.07, 6.45) is 0. The van der Waals surface area contributed by atoms with Crippen molar-refractivity contribution in [3.05, 3.63) is 52.2 Å². The van der Waals surface area contributed by atoms with Gasteiger partial charge in [0.25, 0.3) is 0 Å². The zero-order valence-electron chi connectivity index (χ0n) is 13.4. The van der Waals surface area contributed by atoms with Crippen molar-refractivity contribution in [1.29, 1.82) is 0 Å². The number of hydrogen-bond donors (Lipinski definition) is 0. The number of hydrogen-bond acceptors (Lipinski definition) is 6. The molecule has 0 aliphatic heterocycles. The van der Waals surface area contributed by atoms with Crippen molar-refractivity contribution in [2.45, 2.75) is 4.90 Å². The smallest absolute Gasteiger partial charge is 0.339 e. The highest BCUT2D eigenvalue weighted by Gasteiger charge is 2.16. The van der Waals surface area contributed by atoms with E-state index >= 15 is 0 Å². The number of Topliss-reactive ketones (excluding diaryl/α,β-unsaturated/α-hetero) is 1. The Morgan fingerprint density at radius 2 is 1.88 bits per heavy atom. The molecule has 126 valence electrons. The molecule has 24 heavy (non-hydrogen) atoms. The van der Waals surface area contributed by atoms with Gasteiger partial charge in [-0.1, -0.05) is 18.2 Å². The van der Waals surface area contributed by atoms with Crippen molar-refractivity contribution in [2.24, 2.45) is 0 Å². The Morgan fingerprint density at radius 1 is 1.12 bits per heavy atom. The van der Waals surface area contributed by atoms with E-state index < -0.39 is 5.97 Å². The van der Waals surface area contributed by atoms with E-state index in [4.69, 9.17) is 4.74 Å². The largest absolute Gasteiger partial charge is 0.454 e. The fraction of sp³-hybridized carbons (Fsp3) is 0.235. The van der Waals surface area contributed by atoms with Gasteiger partial charge in [0.15, 0.2) is 6.61 Å². The van der Waals surface area contributed by atoms with Crippen LogP contribution >= 0.6 is 23.1 Å². The van der Waals surface area contributed by atoms with Crippen molar-refractivity contribution in [2.75, 3.05) is 26.5 Å². The van der Waals surface area contributed by atoms with Crippen LogP contribution in [0.3, 0.4) is 0 Å². The van der Waals surface area contributed by atoms with E-state index in [-0.39, 0.29) is 24.1 Å². The van der Waals surface area contributed by atoms with E-state index in [0.29, 0.717) is 15.3 Å². The van der Waals surface area contributed by atoms with Crippen molar-refractivity contribution in [3.8, 4) is 0 Å². The van der Waals surface area contributed by atoms with Gasteiger partial charge in [0, 0.05) is 19.0 Å². The van der Waals surface area contributed by atoms with E-state index in [1.165, 1.54) is 28.0 Å². The van der Waals surface area contributed by atoms with Crippen LogP contribution in [0.2, 0.25) is 0 Å². The number of amides is 1. The fourth-order valence-corrected chi connectivity index (χ4v) is 3.42. The molecule has 1 aromatic carbocycles. The van der Waals surface area contributed by atoms with Crippen molar-refractivity contribution < 1.29 is 19.1 Å². The third-order valence-corrected chi connectivity index (χ3v) is 5.06. The molecule has 0 aliphatic rings. The van der Waals surface area contributed by atoms with E-state index in [9.17, 15) is 14.4 Å². The number of thiophene rings is 1. The van der Waals surface area contributed by atoms with Crippen LogP contribution in [0, 0.1) is 0 Å². The molecule has 0 unspecified atom stereocenters. The molecule has 0 aliphatic carbocycles. The third kappa shape index (κ3) is 4.94. The molecule has 0 radical (unpaired) electrons. The lowest BCUT2D eigenvalue weighted by Gasteiger charge is -2.11. The van der Waals surface area contributed by atoms with Crippen LogP contribution in [-0.4, -0.2) is 49.0 Å². The normalized spacial score (nSPS) is 10.2. The second-order valence-corrected chi connectivity index (χ2v) is 7.01. The van der Waals surface area contributed by atoms with Gasteiger partial charge >= 0.3 is 5.97 Å². The molecule has 1 heterocycles. The molecule has 1 amide bonds. The fourth-order valence-electron chi connectivity index (χ4n) is 1.75. The van der Waals surface area contributed by atoms with Crippen LogP contribution in [0.4, 0.5) is 0 Å². The monoisotopic (exact) mass is 363 g/mol. The minimum absolute atomic E-state index is 0.0453. The Balaban J connectivity index is 1.99. The highest BCUT2D eigenvalue weighted by molar-refractivity contribution is 8.00. The molecular weight excluding hydrogens is 346 g/mol. The van der Waals surface area contributed by atoms with Gasteiger partial charge < -0.3 is 9.64 Å². The van der Waals surface area contributed by atoms with Crippen LogP contribution in [-0.2, 0) is 9.53 Å². The average Bonchev–Trinajstić information content (AvgIpc) is 3.12. The first-order valence-corrected chi connectivity index (χ1v) is 9.01. The first kappa shape index (κ1) is 18.2. The summed E-state index contributed by atoms with van der Waals surface area (Å²) in [6, 6.07) is 10.3. The molecular formula is C17H17NO4S2. The van der Waals surface area contributed by atoms with E-state index in [1.807, 2.05) is 0 Å². The van der Waals surface area contributed by atoms with E-state index in [1.54, 1.807) is 55.9 Å². The molecule has 0 bridgehead atoms. The maximum absolute atomic E-state index is 12.2. The summed E-state index contributed by atoms with van der Waals surface area (Å²) < 4.78 is 5.12. The Kier molecular flexibility index (Phi) is 6.57. The zero-order valence-corrected chi connectivity index (χ0v) is 15.0. The first-order valence-electron chi connectivity index (χ1n) is 7.15. The van der Waals surface area contributed by atoms with Crippen LogP contribution in [0.25, 0.3) is 0 Å². The minimum atomic E-state index is -0.569. The number of carbonyl (C=O) groups excluding carboxylic acids is 3. The molecule has 0 saturated heterocycles. The average molecular weight is 363 g/mol. The van der Waals surface area contributed by atoms with Gasteiger partial charge in [0.1, 0.15) is 0 Å². The number of carbonyl (C=O) groups is 3. The van der Waals surface area contributed by atoms with Gasteiger partial charge in [-0.3, -0.25) is 9.59 Å². The summed E-state index contributed by atoms with van der Waals surface area (Å²) >= 11 is 2.58. The Labute approximate surface area is 148 Å². The Hall–Kier alpha value is -2.12. The predicted octanol–water partition coefficient (Wildman–Crippen LogP) is 2.97. The van der Waals surface area contributed by atoms with Crippen LogP contribution in [0.1, 0.15) is 20.0 Å². The van der Waals surface area contributed by atoms with Gasteiger partial charge in [0.05, 0.1) is 16.2 Å². The van der Waals surface area contributed by atoms with Gasteiger partial charge in [-0.15, -0.1) is 23.1 Å². The third-order valence-electron chi connectivity index (χ3n) is 3.09. The number of benzene rings is 1. The molecule has 5 nitrogen and oxygen atoms in total. The van der Waals surface area contributed by atoms with Crippen LogP contribution < -0.4 is 0 Å². The lowest BCUT2D eigenvalue weighted by Crippen LogP contribution is -2.23. The number of thioether (sulfide) groups is 1. The van der Waals surface area contributed by atoms with Crippen molar-refractivity contribution >= 4 is 40.8 Å². The molecule has 0 atom stereocenters. The molecule has 0 fully saturated rings. The molecule has 0 saturated carbocycles. The second kappa shape index (κ2) is 8.65. The molecule has 2 rings (SSSR count). The van der Waals surface area contributed by atoms with Gasteiger partial charge in [-0.05, 0) is 23.6 Å². The van der Waals surface area contributed by atoms with Gasteiger partial charge in [-0.2, -0.15) is 0 Å². The number of rotatable bonds is 7. The standard InChI is InChI=1S/C17H17NO4S2/c1-18(2)16(20)11-24-14-7-4-3-6-12(14)17(21)22-10-13(19)15-8-5-9-23-15/h3-9H,10-11H2,1-2H3. The topological polar surface area (TPSA) is 63.7 Å². The molecule has 1 aromatic heterocycles. The maximum atomic E-state index is 12.2. The molecule has 0 spiro atoms. The number of ether oxygens (including phenoxy) is 1. The quantitative estimate of drug-likeness (QED) is 0.430. The van der Waals surface area contributed by atoms with Crippen molar-refractivity contribution in [3.63, 3.8) is 0 Å². The first-order chi connectivity index (χ1) is 11.5. The number of esters is 1. The van der Waals surface area contributed by atoms with Crippen LogP contribution in [0.15, 0.2) is 46.7 Å². The Bertz CT molecular complexity index is 726. The predicted molar refractivity (Wildman–Crippen MR) is 94.8 cm³/mol. The molecule has 0 N–H and O–H groups in total. The van der Waals surface area contributed by atoms with Crippen LogP contribution in [0.5, 0.6) is 0 Å². The highest BCUT2D eigenvalue weighted by Crippen LogP contribution is 2.23. The molecule has 2 aromatic rings. The summed E-state index contributed by atoms with van der Waals surface area (Å²) in [5.74, 6) is -0.617. The second-order valence-electron chi connectivity index (χ2n) is 5.05. The zero-order chi connectivity index (χ0) is 17.5. The SMILES string of the molecule is CN(C)C(=O)CSc1ccccc1C(=O)OCC(=O)c1cccs1. The Morgan fingerprint density at radius 3 is 2.54 bits per heavy atom. The highest BCUT2D eigenvalue weighted by atomic mass is 32.2. The lowest BCUT2D eigenvalue weighted by molar-refractivity contribution is -0.125. The summed E-state index contributed by atoms with van der Waals surface area (Å²) in [5.41, 5.74) is 0.355. The number of ketones is 1. The maximum Gasteiger partial charge on any atom is 0.339 e.